The molecular weight excluding hydrogens is 194 g/mol. The van der Waals surface area contributed by atoms with Crippen LogP contribution in [0.25, 0.3) is 0 Å². The van der Waals surface area contributed by atoms with Gasteiger partial charge in [-0.25, -0.2) is 4.79 Å². The molecule has 0 heterocycles. The number of hydrogen-bond donors (Lipinski definition) is 2. The summed E-state index contributed by atoms with van der Waals surface area (Å²) in [6.07, 6.45) is 5.12. The topological polar surface area (TPSA) is 82.0 Å². The molecule has 0 aromatic rings. The van der Waals surface area contributed by atoms with E-state index in [9.17, 15) is 9.59 Å². The molecule has 0 saturated heterocycles. The molecule has 1 aliphatic rings. The summed E-state index contributed by atoms with van der Waals surface area (Å²) in [7, 11) is 0. The van der Waals surface area contributed by atoms with E-state index in [4.69, 9.17) is 5.26 Å². The second kappa shape index (κ2) is 6.02. The van der Waals surface area contributed by atoms with E-state index in [-0.39, 0.29) is 12.5 Å². The van der Waals surface area contributed by atoms with Crippen molar-refractivity contribution in [2.24, 2.45) is 0 Å². The van der Waals surface area contributed by atoms with Crippen LogP contribution >= 0.6 is 0 Å². The van der Waals surface area contributed by atoms with Crippen molar-refractivity contribution in [2.45, 2.75) is 44.6 Å². The van der Waals surface area contributed by atoms with E-state index >= 15 is 0 Å². The molecule has 15 heavy (non-hydrogen) atoms. The van der Waals surface area contributed by atoms with E-state index in [1.807, 2.05) is 0 Å². The van der Waals surface area contributed by atoms with Gasteiger partial charge >= 0.3 is 6.03 Å². The number of rotatable bonds is 2. The van der Waals surface area contributed by atoms with Gasteiger partial charge in [-0.15, -0.1) is 0 Å². The van der Waals surface area contributed by atoms with E-state index in [1.54, 1.807) is 6.07 Å². The second-order valence-electron chi connectivity index (χ2n) is 3.69. The Balaban J connectivity index is 2.23. The van der Waals surface area contributed by atoms with Crippen LogP contribution < -0.4 is 10.6 Å². The van der Waals surface area contributed by atoms with E-state index in [0.717, 1.165) is 25.7 Å². The van der Waals surface area contributed by atoms with E-state index in [1.165, 1.54) is 6.42 Å². The summed E-state index contributed by atoms with van der Waals surface area (Å²) < 4.78 is 0. The van der Waals surface area contributed by atoms with Crippen LogP contribution in [-0.4, -0.2) is 18.0 Å². The lowest BCUT2D eigenvalue weighted by molar-refractivity contribution is -0.119. The molecule has 5 heteroatoms. The number of carbonyl (C=O) groups is 2. The molecule has 82 valence electrons. The first-order valence-electron chi connectivity index (χ1n) is 5.19. The molecule has 1 aliphatic carbocycles. The fourth-order valence-electron chi connectivity index (χ4n) is 1.71. The number of nitrogens with zero attached hydrogens (tertiary/aromatic N) is 1. The molecule has 1 saturated carbocycles. The molecule has 1 fully saturated rings. The summed E-state index contributed by atoms with van der Waals surface area (Å²) in [6.45, 7) is 0. The first-order chi connectivity index (χ1) is 7.22. The minimum Gasteiger partial charge on any atom is -0.335 e. The van der Waals surface area contributed by atoms with Crippen LogP contribution in [0, 0.1) is 11.3 Å². The van der Waals surface area contributed by atoms with Gasteiger partial charge in [0.1, 0.15) is 6.42 Å². The molecule has 0 unspecified atom stereocenters. The standard InChI is InChI=1S/C10H15N3O2/c11-7-6-9(14)13-10(15)12-8-4-2-1-3-5-8/h8H,1-6H2,(H2,12,13,14,15). The minimum atomic E-state index is -0.550. The van der Waals surface area contributed by atoms with Crippen molar-refractivity contribution >= 4 is 11.9 Å². The first kappa shape index (κ1) is 11.5. The van der Waals surface area contributed by atoms with Gasteiger partial charge in [-0.1, -0.05) is 19.3 Å². The Morgan fingerprint density at radius 2 is 1.93 bits per heavy atom. The maximum absolute atomic E-state index is 11.2. The van der Waals surface area contributed by atoms with Gasteiger partial charge in [0.25, 0.3) is 0 Å². The Kier molecular flexibility index (Phi) is 4.61. The lowest BCUT2D eigenvalue weighted by Gasteiger charge is -2.22. The van der Waals surface area contributed by atoms with Crippen molar-refractivity contribution in [1.82, 2.24) is 10.6 Å². The van der Waals surface area contributed by atoms with Crippen LogP contribution in [0.4, 0.5) is 4.79 Å². The number of urea groups is 1. The summed E-state index contributed by atoms with van der Waals surface area (Å²) in [5.74, 6) is -0.550. The Hall–Kier alpha value is -1.57. The van der Waals surface area contributed by atoms with Crippen molar-refractivity contribution < 1.29 is 9.59 Å². The fraction of sp³-hybridized carbons (Fsp3) is 0.700. The third kappa shape index (κ3) is 4.45. The third-order valence-electron chi connectivity index (χ3n) is 2.43. The van der Waals surface area contributed by atoms with Gasteiger partial charge in [0, 0.05) is 6.04 Å². The molecule has 5 nitrogen and oxygen atoms in total. The smallest absolute Gasteiger partial charge is 0.321 e. The molecule has 0 radical (unpaired) electrons. The van der Waals surface area contributed by atoms with Gasteiger partial charge in [-0.05, 0) is 12.8 Å². The fourth-order valence-corrected chi connectivity index (χ4v) is 1.71. The summed E-state index contributed by atoms with van der Waals surface area (Å²) in [5, 5.41) is 13.1. The number of nitrogens with one attached hydrogen (secondary N) is 2. The highest BCUT2D eigenvalue weighted by Crippen LogP contribution is 2.16. The summed E-state index contributed by atoms with van der Waals surface area (Å²) in [6, 6.07) is 1.37. The average Bonchev–Trinajstić information content (AvgIpc) is 2.19. The predicted molar refractivity (Wildman–Crippen MR) is 53.8 cm³/mol. The van der Waals surface area contributed by atoms with Crippen LogP contribution in [0.3, 0.4) is 0 Å². The van der Waals surface area contributed by atoms with E-state index < -0.39 is 11.9 Å². The quantitative estimate of drug-likeness (QED) is 0.713. The number of hydrogen-bond acceptors (Lipinski definition) is 3. The maximum atomic E-state index is 11.2. The number of carbonyl (C=O) groups excluding carboxylic acids is 2. The van der Waals surface area contributed by atoms with Gasteiger partial charge < -0.3 is 5.32 Å². The van der Waals surface area contributed by atoms with Crippen LogP contribution in [0.5, 0.6) is 0 Å². The number of imide groups is 1. The SMILES string of the molecule is N#CCC(=O)NC(=O)NC1CCCCC1. The number of nitriles is 1. The molecule has 2 N–H and O–H groups in total. The van der Waals surface area contributed by atoms with Crippen LogP contribution in [0.2, 0.25) is 0 Å². The van der Waals surface area contributed by atoms with Crippen molar-refractivity contribution in [3.05, 3.63) is 0 Å². The van der Waals surface area contributed by atoms with Crippen molar-refractivity contribution in [1.29, 1.82) is 5.26 Å². The highest BCUT2D eigenvalue weighted by molar-refractivity contribution is 5.95. The molecule has 3 amide bonds. The minimum absolute atomic E-state index is 0.175. The van der Waals surface area contributed by atoms with Crippen LogP contribution in [0.1, 0.15) is 38.5 Å². The predicted octanol–water partition coefficient (Wildman–Crippen LogP) is 1.06. The van der Waals surface area contributed by atoms with Crippen molar-refractivity contribution in [2.75, 3.05) is 0 Å². The second-order valence-corrected chi connectivity index (χ2v) is 3.69. The molecule has 0 aliphatic heterocycles. The molecule has 0 bridgehead atoms. The highest BCUT2D eigenvalue weighted by Gasteiger charge is 2.16. The lowest BCUT2D eigenvalue weighted by Crippen LogP contribution is -2.45. The zero-order valence-electron chi connectivity index (χ0n) is 8.58. The Morgan fingerprint density at radius 1 is 1.27 bits per heavy atom. The molecule has 0 aromatic heterocycles. The molecule has 0 aromatic carbocycles. The highest BCUT2D eigenvalue weighted by atomic mass is 16.2. The van der Waals surface area contributed by atoms with Gasteiger partial charge in [-0.3, -0.25) is 10.1 Å². The molecule has 0 atom stereocenters. The van der Waals surface area contributed by atoms with Gasteiger partial charge in [-0.2, -0.15) is 5.26 Å². The Morgan fingerprint density at radius 3 is 2.53 bits per heavy atom. The van der Waals surface area contributed by atoms with Crippen molar-refractivity contribution in [3.63, 3.8) is 0 Å². The Labute approximate surface area is 88.8 Å². The maximum Gasteiger partial charge on any atom is 0.321 e. The molecular formula is C10H15N3O2. The number of amides is 3. The zero-order chi connectivity index (χ0) is 11.1. The van der Waals surface area contributed by atoms with Crippen LogP contribution in [0.15, 0.2) is 0 Å². The molecule has 0 spiro atoms. The van der Waals surface area contributed by atoms with E-state index in [0.29, 0.717) is 0 Å². The Bertz CT molecular complexity index is 277. The zero-order valence-corrected chi connectivity index (χ0v) is 8.58. The van der Waals surface area contributed by atoms with Gasteiger partial charge in [0.05, 0.1) is 6.07 Å². The van der Waals surface area contributed by atoms with Crippen LogP contribution in [-0.2, 0) is 4.79 Å². The summed E-state index contributed by atoms with van der Waals surface area (Å²) in [4.78, 5) is 22.1. The monoisotopic (exact) mass is 209 g/mol. The largest absolute Gasteiger partial charge is 0.335 e. The van der Waals surface area contributed by atoms with E-state index in [2.05, 4.69) is 10.6 Å². The summed E-state index contributed by atoms with van der Waals surface area (Å²) >= 11 is 0. The summed E-state index contributed by atoms with van der Waals surface area (Å²) in [5.41, 5.74) is 0. The molecule has 1 rings (SSSR count). The lowest BCUT2D eigenvalue weighted by atomic mass is 9.96. The average molecular weight is 209 g/mol. The normalized spacial score (nSPS) is 16.5. The third-order valence-corrected chi connectivity index (χ3v) is 2.43. The first-order valence-corrected chi connectivity index (χ1v) is 5.19. The van der Waals surface area contributed by atoms with Gasteiger partial charge in [0.15, 0.2) is 0 Å². The van der Waals surface area contributed by atoms with Gasteiger partial charge in [0.2, 0.25) is 5.91 Å². The van der Waals surface area contributed by atoms with Crippen molar-refractivity contribution in [3.8, 4) is 6.07 Å².